The molecular weight excluding hydrogens is 254 g/mol. The average molecular weight is 275 g/mol. The molecule has 2 nitrogen and oxygen atoms in total. The molecule has 0 aromatic heterocycles. The Labute approximate surface area is 119 Å². The highest BCUT2D eigenvalue weighted by Gasteiger charge is 2.39. The second kappa shape index (κ2) is 6.29. The van der Waals surface area contributed by atoms with Gasteiger partial charge >= 0.3 is 0 Å². The molecule has 0 bridgehead atoms. The zero-order valence-electron chi connectivity index (χ0n) is 11.6. The number of hydrogen-bond acceptors (Lipinski definition) is 2. The quantitative estimate of drug-likeness (QED) is 0.873. The van der Waals surface area contributed by atoms with Crippen molar-refractivity contribution in [2.45, 2.75) is 44.3 Å². The second-order valence-electron chi connectivity index (χ2n) is 4.92. The minimum atomic E-state index is -0.270. The van der Waals surface area contributed by atoms with Crippen molar-refractivity contribution in [3.63, 3.8) is 0 Å². The Morgan fingerprint density at radius 3 is 2.53 bits per heavy atom. The summed E-state index contributed by atoms with van der Waals surface area (Å²) in [6.45, 7) is 4.27. The van der Waals surface area contributed by atoms with E-state index in [1.54, 1.807) is 11.8 Å². The van der Waals surface area contributed by atoms with Crippen LogP contribution >= 0.6 is 11.8 Å². The summed E-state index contributed by atoms with van der Waals surface area (Å²) in [5, 5.41) is 5.19. The van der Waals surface area contributed by atoms with Crippen LogP contribution in [0.25, 0.3) is 5.70 Å². The summed E-state index contributed by atoms with van der Waals surface area (Å²) in [6.07, 6.45) is 4.06. The Morgan fingerprint density at radius 1 is 1.21 bits per heavy atom. The minimum absolute atomic E-state index is 0.162. The Kier molecular flexibility index (Phi) is 4.70. The molecule has 1 aliphatic heterocycles. The van der Waals surface area contributed by atoms with Crippen LogP contribution in [0.4, 0.5) is 0 Å². The standard InChI is InChI=1S/C16H21NOS/c1-3-5-11-16(4-2)15(18)17-14(12-19-16)13-9-7-6-8-10-13/h6-10,12H,3-5,11H2,1-2H3,(H,17,18). The SMILES string of the molecule is CCCCC1(CC)SC=C(c2ccccc2)NC1=O. The fourth-order valence-corrected chi connectivity index (χ4v) is 3.43. The van der Waals surface area contributed by atoms with Gasteiger partial charge in [-0.05, 0) is 23.8 Å². The third-order valence-electron chi connectivity index (χ3n) is 3.65. The molecule has 1 atom stereocenters. The Hall–Kier alpha value is -1.22. The maximum atomic E-state index is 12.5. The van der Waals surface area contributed by atoms with Crippen molar-refractivity contribution in [1.82, 2.24) is 5.32 Å². The zero-order valence-corrected chi connectivity index (χ0v) is 12.4. The number of carbonyl (C=O) groups excluding carboxylic acids is 1. The van der Waals surface area contributed by atoms with Crippen LogP contribution in [0, 0.1) is 0 Å². The molecule has 1 aliphatic rings. The maximum absolute atomic E-state index is 12.5. The highest BCUT2D eigenvalue weighted by atomic mass is 32.2. The number of unbranched alkanes of at least 4 members (excludes halogenated alkanes) is 1. The number of thioether (sulfide) groups is 1. The molecule has 0 saturated carbocycles. The Morgan fingerprint density at radius 2 is 1.95 bits per heavy atom. The molecule has 0 aliphatic carbocycles. The van der Waals surface area contributed by atoms with Gasteiger partial charge in [0.2, 0.25) is 5.91 Å². The molecule has 1 amide bonds. The molecule has 1 heterocycles. The molecule has 19 heavy (non-hydrogen) atoms. The van der Waals surface area contributed by atoms with Gasteiger partial charge < -0.3 is 5.32 Å². The molecular formula is C16H21NOS. The van der Waals surface area contributed by atoms with Gasteiger partial charge in [-0.2, -0.15) is 0 Å². The van der Waals surface area contributed by atoms with Gasteiger partial charge in [-0.1, -0.05) is 57.0 Å². The van der Waals surface area contributed by atoms with E-state index in [0.29, 0.717) is 0 Å². The van der Waals surface area contributed by atoms with Crippen molar-refractivity contribution in [3.05, 3.63) is 41.3 Å². The normalized spacial score (nSPS) is 22.8. The molecule has 1 unspecified atom stereocenters. The van der Waals surface area contributed by atoms with Gasteiger partial charge in [0.15, 0.2) is 0 Å². The molecule has 0 spiro atoms. The molecule has 1 aromatic rings. The fraction of sp³-hybridized carbons (Fsp3) is 0.438. The van der Waals surface area contributed by atoms with E-state index in [4.69, 9.17) is 0 Å². The number of benzene rings is 1. The predicted molar refractivity (Wildman–Crippen MR) is 82.7 cm³/mol. The van der Waals surface area contributed by atoms with Gasteiger partial charge in [0.1, 0.15) is 0 Å². The predicted octanol–water partition coefficient (Wildman–Crippen LogP) is 4.19. The van der Waals surface area contributed by atoms with Crippen LogP contribution in [-0.2, 0) is 4.79 Å². The van der Waals surface area contributed by atoms with E-state index in [2.05, 4.69) is 24.6 Å². The lowest BCUT2D eigenvalue weighted by molar-refractivity contribution is -0.122. The third-order valence-corrected chi connectivity index (χ3v) is 5.14. The van der Waals surface area contributed by atoms with Crippen LogP contribution < -0.4 is 5.32 Å². The van der Waals surface area contributed by atoms with Crippen LogP contribution in [0.2, 0.25) is 0 Å². The van der Waals surface area contributed by atoms with E-state index < -0.39 is 0 Å². The largest absolute Gasteiger partial charge is 0.324 e. The van der Waals surface area contributed by atoms with Gasteiger partial charge in [-0.15, -0.1) is 11.8 Å². The van der Waals surface area contributed by atoms with E-state index in [1.807, 2.05) is 30.3 Å². The second-order valence-corrected chi connectivity index (χ2v) is 6.17. The van der Waals surface area contributed by atoms with E-state index in [9.17, 15) is 4.79 Å². The summed E-state index contributed by atoms with van der Waals surface area (Å²) in [5.41, 5.74) is 2.00. The molecule has 1 N–H and O–H groups in total. The number of carbonyl (C=O) groups is 1. The first-order valence-corrected chi connectivity index (χ1v) is 7.84. The molecule has 1 aromatic carbocycles. The lowest BCUT2D eigenvalue weighted by Gasteiger charge is -2.33. The number of rotatable bonds is 5. The van der Waals surface area contributed by atoms with Gasteiger partial charge in [-0.25, -0.2) is 0 Å². The van der Waals surface area contributed by atoms with Gasteiger partial charge in [0.05, 0.1) is 10.4 Å². The molecule has 0 saturated heterocycles. The van der Waals surface area contributed by atoms with Crippen LogP contribution in [0.15, 0.2) is 35.7 Å². The van der Waals surface area contributed by atoms with Crippen molar-refractivity contribution in [2.24, 2.45) is 0 Å². The first kappa shape index (κ1) is 14.2. The lowest BCUT2D eigenvalue weighted by Crippen LogP contribution is -2.45. The van der Waals surface area contributed by atoms with Crippen LogP contribution in [0.1, 0.15) is 45.1 Å². The van der Waals surface area contributed by atoms with Crippen molar-refractivity contribution in [1.29, 1.82) is 0 Å². The van der Waals surface area contributed by atoms with E-state index in [1.165, 1.54) is 0 Å². The van der Waals surface area contributed by atoms with Crippen molar-refractivity contribution >= 4 is 23.4 Å². The Balaban J connectivity index is 2.19. The number of nitrogens with one attached hydrogen (secondary N) is 1. The molecule has 0 fully saturated rings. The van der Waals surface area contributed by atoms with E-state index in [0.717, 1.165) is 36.9 Å². The van der Waals surface area contributed by atoms with Gasteiger partial charge in [0, 0.05) is 0 Å². The average Bonchev–Trinajstić information content (AvgIpc) is 2.47. The zero-order chi connectivity index (χ0) is 13.7. The number of hydrogen-bond donors (Lipinski definition) is 1. The van der Waals surface area contributed by atoms with Gasteiger partial charge in [0.25, 0.3) is 0 Å². The summed E-state index contributed by atoms with van der Waals surface area (Å²) in [4.78, 5) is 12.5. The first-order valence-electron chi connectivity index (χ1n) is 6.96. The van der Waals surface area contributed by atoms with Crippen molar-refractivity contribution < 1.29 is 4.79 Å². The highest BCUT2D eigenvalue weighted by Crippen LogP contribution is 2.40. The topological polar surface area (TPSA) is 29.1 Å². The summed E-state index contributed by atoms with van der Waals surface area (Å²) in [5.74, 6) is 0.162. The minimum Gasteiger partial charge on any atom is -0.324 e. The highest BCUT2D eigenvalue weighted by molar-refractivity contribution is 8.04. The first-order chi connectivity index (χ1) is 9.22. The summed E-state index contributed by atoms with van der Waals surface area (Å²) in [7, 11) is 0. The Bertz CT molecular complexity index is 469. The van der Waals surface area contributed by atoms with E-state index in [-0.39, 0.29) is 10.7 Å². The van der Waals surface area contributed by atoms with E-state index >= 15 is 0 Å². The smallest absolute Gasteiger partial charge is 0.240 e. The van der Waals surface area contributed by atoms with Gasteiger partial charge in [-0.3, -0.25) is 4.79 Å². The summed E-state index contributed by atoms with van der Waals surface area (Å²) < 4.78 is -0.270. The van der Waals surface area contributed by atoms with Crippen molar-refractivity contribution in [2.75, 3.05) is 0 Å². The fourth-order valence-electron chi connectivity index (χ4n) is 2.30. The maximum Gasteiger partial charge on any atom is 0.240 e. The summed E-state index contributed by atoms with van der Waals surface area (Å²) >= 11 is 1.69. The monoisotopic (exact) mass is 275 g/mol. The molecule has 2 rings (SSSR count). The molecule has 102 valence electrons. The lowest BCUT2D eigenvalue weighted by atomic mass is 9.96. The third kappa shape index (κ3) is 3.03. The van der Waals surface area contributed by atoms with Crippen molar-refractivity contribution in [3.8, 4) is 0 Å². The number of amides is 1. The summed E-state index contributed by atoms with van der Waals surface area (Å²) in [6, 6.07) is 10.0. The van der Waals surface area contributed by atoms with Crippen LogP contribution in [-0.4, -0.2) is 10.7 Å². The molecule has 0 radical (unpaired) electrons. The van der Waals surface area contributed by atoms with Crippen LogP contribution in [0.5, 0.6) is 0 Å². The molecule has 3 heteroatoms. The van der Waals surface area contributed by atoms with Crippen LogP contribution in [0.3, 0.4) is 0 Å².